The van der Waals surface area contributed by atoms with E-state index in [0.717, 1.165) is 22.5 Å². The summed E-state index contributed by atoms with van der Waals surface area (Å²) in [5.41, 5.74) is 3.24. The molecule has 172 valence electrons. The van der Waals surface area contributed by atoms with E-state index < -0.39 is 11.7 Å². The molecule has 0 atom stereocenters. The monoisotopic (exact) mass is 453 g/mol. The Labute approximate surface area is 200 Å². The highest BCUT2D eigenvalue weighted by molar-refractivity contribution is 5.69. The van der Waals surface area contributed by atoms with Gasteiger partial charge in [-0.25, -0.2) is 14.8 Å². The van der Waals surface area contributed by atoms with Crippen LogP contribution >= 0.6 is 0 Å². The van der Waals surface area contributed by atoms with Gasteiger partial charge >= 0.3 is 6.09 Å². The van der Waals surface area contributed by atoms with Crippen molar-refractivity contribution >= 4 is 17.7 Å². The van der Waals surface area contributed by atoms with Crippen molar-refractivity contribution in [3.05, 3.63) is 71.9 Å². The van der Waals surface area contributed by atoms with Gasteiger partial charge in [-0.3, -0.25) is 0 Å². The smallest absolute Gasteiger partial charge is 0.407 e. The molecule has 0 radical (unpaired) electrons. The summed E-state index contributed by atoms with van der Waals surface area (Å²) in [4.78, 5) is 20.8. The third kappa shape index (κ3) is 7.65. The van der Waals surface area contributed by atoms with Crippen LogP contribution in [0.1, 0.15) is 44.7 Å². The lowest BCUT2D eigenvalue weighted by molar-refractivity contribution is 0.0527. The number of nitriles is 1. The normalized spacial score (nSPS) is 10.4. The number of carbonyl (C=O) groups is 1. The van der Waals surface area contributed by atoms with Crippen molar-refractivity contribution in [2.45, 2.75) is 39.2 Å². The van der Waals surface area contributed by atoms with E-state index in [1.54, 1.807) is 18.3 Å². The predicted molar refractivity (Wildman–Crippen MR) is 132 cm³/mol. The molecular weight excluding hydrogens is 426 g/mol. The molecule has 2 aromatic carbocycles. The highest BCUT2D eigenvalue weighted by Crippen LogP contribution is 2.23. The minimum absolute atomic E-state index is 0.425. The molecule has 1 aromatic heterocycles. The first kappa shape index (κ1) is 24.3. The summed E-state index contributed by atoms with van der Waals surface area (Å²) in [6, 6.07) is 19.0. The van der Waals surface area contributed by atoms with Crippen molar-refractivity contribution in [1.82, 2.24) is 15.3 Å². The predicted octanol–water partition coefficient (Wildman–Crippen LogP) is 5.42. The molecule has 0 aliphatic carbocycles. The number of benzene rings is 2. The van der Waals surface area contributed by atoms with Crippen LogP contribution in [-0.4, -0.2) is 28.2 Å². The highest BCUT2D eigenvalue weighted by Gasteiger charge is 2.15. The van der Waals surface area contributed by atoms with Crippen molar-refractivity contribution in [3.63, 3.8) is 0 Å². The number of aromatic nitrogens is 2. The second kappa shape index (κ2) is 11.5. The SMILES string of the molecule is CC(C)(C)OC(=O)NCCCC#Cc1cnc(Nc2ccc(C#N)cc2)nc1-c1ccccc1. The fraction of sp³-hybridized carbons (Fsp3) is 0.259. The Hall–Kier alpha value is -4.36. The molecule has 1 heterocycles. The first-order valence-electron chi connectivity index (χ1n) is 11.0. The van der Waals surface area contributed by atoms with Gasteiger partial charge in [0.15, 0.2) is 0 Å². The molecule has 34 heavy (non-hydrogen) atoms. The Morgan fingerprint density at radius 3 is 2.50 bits per heavy atom. The van der Waals surface area contributed by atoms with E-state index in [1.807, 2.05) is 63.2 Å². The average Bonchev–Trinajstić information content (AvgIpc) is 2.82. The van der Waals surface area contributed by atoms with Crippen LogP contribution in [0, 0.1) is 23.2 Å². The van der Waals surface area contributed by atoms with Crippen LogP contribution in [0.3, 0.4) is 0 Å². The molecule has 3 rings (SSSR count). The maximum absolute atomic E-state index is 11.7. The van der Waals surface area contributed by atoms with Gasteiger partial charge in [-0.15, -0.1) is 0 Å². The zero-order valence-electron chi connectivity index (χ0n) is 19.6. The molecule has 7 nitrogen and oxygen atoms in total. The molecular formula is C27H27N5O2. The van der Waals surface area contributed by atoms with Crippen molar-refractivity contribution in [2.24, 2.45) is 0 Å². The molecule has 0 bridgehead atoms. The summed E-state index contributed by atoms with van der Waals surface area (Å²) < 4.78 is 5.22. The minimum atomic E-state index is -0.515. The average molecular weight is 454 g/mol. The Morgan fingerprint density at radius 1 is 1.09 bits per heavy atom. The van der Waals surface area contributed by atoms with Crippen LogP contribution in [-0.2, 0) is 4.74 Å². The van der Waals surface area contributed by atoms with E-state index in [4.69, 9.17) is 10.00 Å². The number of hydrogen-bond donors (Lipinski definition) is 2. The third-order valence-electron chi connectivity index (χ3n) is 4.48. The lowest BCUT2D eigenvalue weighted by Gasteiger charge is -2.19. The van der Waals surface area contributed by atoms with Gasteiger partial charge in [-0.2, -0.15) is 5.26 Å². The van der Waals surface area contributed by atoms with E-state index in [0.29, 0.717) is 30.9 Å². The van der Waals surface area contributed by atoms with Gasteiger partial charge in [0.05, 0.1) is 22.9 Å². The van der Waals surface area contributed by atoms with Gasteiger partial charge in [0.25, 0.3) is 0 Å². The fourth-order valence-corrected chi connectivity index (χ4v) is 2.95. The molecule has 0 saturated heterocycles. The lowest BCUT2D eigenvalue weighted by atomic mass is 10.1. The Kier molecular flexibility index (Phi) is 8.21. The molecule has 7 heteroatoms. The number of hydrogen-bond acceptors (Lipinski definition) is 6. The standard InChI is InChI=1S/C27H27N5O2/c1-27(2,3)34-26(33)29-17-9-5-8-12-22-19-30-25(31-23-15-13-20(18-28)14-16-23)32-24(22)21-10-6-4-7-11-21/h4,6-7,10-11,13-16,19H,5,9,17H2,1-3H3,(H,29,33)(H,30,31,32). The van der Waals surface area contributed by atoms with Gasteiger partial charge < -0.3 is 15.4 Å². The van der Waals surface area contributed by atoms with Crippen molar-refractivity contribution in [3.8, 4) is 29.2 Å². The summed E-state index contributed by atoms with van der Waals surface area (Å²) in [7, 11) is 0. The summed E-state index contributed by atoms with van der Waals surface area (Å²) in [5.74, 6) is 6.74. The number of alkyl carbamates (subject to hydrolysis) is 1. The zero-order chi connectivity index (χ0) is 24.4. The van der Waals surface area contributed by atoms with E-state index in [-0.39, 0.29) is 0 Å². The fourth-order valence-electron chi connectivity index (χ4n) is 2.95. The van der Waals surface area contributed by atoms with Gasteiger partial charge in [0.2, 0.25) is 5.95 Å². The van der Waals surface area contributed by atoms with E-state index in [2.05, 4.69) is 38.5 Å². The van der Waals surface area contributed by atoms with Crippen molar-refractivity contribution in [2.75, 3.05) is 11.9 Å². The molecule has 3 aromatic rings. The Bertz CT molecular complexity index is 1210. The van der Waals surface area contributed by atoms with Crippen molar-refractivity contribution in [1.29, 1.82) is 5.26 Å². The summed E-state index contributed by atoms with van der Waals surface area (Å²) in [6.07, 6.45) is 2.58. The van der Waals surface area contributed by atoms with Crippen LogP contribution in [0.2, 0.25) is 0 Å². The summed E-state index contributed by atoms with van der Waals surface area (Å²) >= 11 is 0. The molecule has 0 spiro atoms. The Balaban J connectivity index is 1.68. The quantitative estimate of drug-likeness (QED) is 0.382. The number of ether oxygens (including phenoxy) is 1. The maximum Gasteiger partial charge on any atom is 0.407 e. The van der Waals surface area contributed by atoms with Gasteiger partial charge in [-0.05, 0) is 51.5 Å². The maximum atomic E-state index is 11.7. The van der Waals surface area contributed by atoms with Crippen LogP contribution in [0.4, 0.5) is 16.4 Å². The number of nitrogens with zero attached hydrogens (tertiary/aromatic N) is 3. The lowest BCUT2D eigenvalue weighted by Crippen LogP contribution is -2.32. The number of amides is 1. The third-order valence-corrected chi connectivity index (χ3v) is 4.48. The number of carbonyl (C=O) groups excluding carboxylic acids is 1. The summed E-state index contributed by atoms with van der Waals surface area (Å²) in [5, 5.41) is 14.9. The van der Waals surface area contributed by atoms with Crippen molar-refractivity contribution < 1.29 is 9.53 Å². The Morgan fingerprint density at radius 2 is 1.82 bits per heavy atom. The topological polar surface area (TPSA) is 99.9 Å². The van der Waals surface area contributed by atoms with Gasteiger partial charge in [-0.1, -0.05) is 42.2 Å². The molecule has 0 unspecified atom stereocenters. The number of unbranched alkanes of at least 4 members (excludes halogenated alkanes) is 1. The van der Waals surface area contributed by atoms with Crippen LogP contribution in [0.15, 0.2) is 60.8 Å². The van der Waals surface area contributed by atoms with Gasteiger partial charge in [0, 0.05) is 30.4 Å². The van der Waals surface area contributed by atoms with Crippen LogP contribution in [0.5, 0.6) is 0 Å². The van der Waals surface area contributed by atoms with Crippen LogP contribution < -0.4 is 10.6 Å². The first-order valence-corrected chi connectivity index (χ1v) is 11.0. The molecule has 0 aliphatic heterocycles. The number of rotatable bonds is 6. The number of anilines is 2. The number of nitrogens with one attached hydrogen (secondary N) is 2. The molecule has 1 amide bonds. The van der Waals surface area contributed by atoms with E-state index >= 15 is 0 Å². The first-order chi connectivity index (χ1) is 16.3. The highest BCUT2D eigenvalue weighted by atomic mass is 16.6. The largest absolute Gasteiger partial charge is 0.444 e. The molecule has 0 aliphatic rings. The van der Waals surface area contributed by atoms with E-state index in [1.165, 1.54) is 0 Å². The van der Waals surface area contributed by atoms with Gasteiger partial charge in [0.1, 0.15) is 5.60 Å². The summed E-state index contributed by atoms with van der Waals surface area (Å²) in [6.45, 7) is 5.97. The van der Waals surface area contributed by atoms with Crippen LogP contribution in [0.25, 0.3) is 11.3 Å². The molecule has 2 N–H and O–H groups in total. The van der Waals surface area contributed by atoms with E-state index in [9.17, 15) is 4.79 Å². The molecule has 0 fully saturated rings. The minimum Gasteiger partial charge on any atom is -0.444 e. The second-order valence-electron chi connectivity index (χ2n) is 8.47. The molecule has 0 saturated carbocycles. The second-order valence-corrected chi connectivity index (χ2v) is 8.47. The zero-order valence-corrected chi connectivity index (χ0v) is 19.6.